The zero-order valence-electron chi connectivity index (χ0n) is 12.2. The molecular weight excluding hydrogens is 250 g/mol. The summed E-state index contributed by atoms with van der Waals surface area (Å²) in [5.41, 5.74) is 0.328. The van der Waals surface area contributed by atoms with E-state index < -0.39 is 5.92 Å². The maximum Gasteiger partial charge on any atom is 0.160 e. The van der Waals surface area contributed by atoms with Gasteiger partial charge in [-0.15, -0.1) is 0 Å². The Labute approximate surface area is 120 Å². The fraction of sp³-hybridized carbons (Fsp3) is 0.529. The SMILES string of the molecule is COc1ccccc1C(C#N)C(=O)C1(C)CCCCC1. The summed E-state index contributed by atoms with van der Waals surface area (Å²) in [5, 5.41) is 9.49. The number of benzene rings is 1. The van der Waals surface area contributed by atoms with Gasteiger partial charge in [0, 0.05) is 11.0 Å². The van der Waals surface area contributed by atoms with Crippen molar-refractivity contribution in [3.05, 3.63) is 29.8 Å². The van der Waals surface area contributed by atoms with Gasteiger partial charge >= 0.3 is 0 Å². The number of methoxy groups -OCH3 is 1. The summed E-state index contributed by atoms with van der Waals surface area (Å²) in [5.74, 6) is -0.0646. The maximum absolute atomic E-state index is 12.8. The molecule has 0 saturated heterocycles. The molecule has 2 rings (SSSR count). The Kier molecular flexibility index (Phi) is 4.44. The lowest BCUT2D eigenvalue weighted by Gasteiger charge is -2.33. The normalized spacial score (nSPS) is 18.9. The van der Waals surface area contributed by atoms with Crippen LogP contribution in [-0.2, 0) is 4.79 Å². The van der Waals surface area contributed by atoms with E-state index in [0.29, 0.717) is 11.3 Å². The number of carbonyl (C=O) groups is 1. The van der Waals surface area contributed by atoms with Gasteiger partial charge < -0.3 is 4.74 Å². The second-order valence-electron chi connectivity index (χ2n) is 5.79. The molecule has 0 spiro atoms. The smallest absolute Gasteiger partial charge is 0.160 e. The lowest BCUT2D eigenvalue weighted by Crippen LogP contribution is -2.34. The molecule has 1 unspecified atom stereocenters. The van der Waals surface area contributed by atoms with E-state index in [0.717, 1.165) is 25.7 Å². The predicted molar refractivity (Wildman–Crippen MR) is 77.5 cm³/mol. The van der Waals surface area contributed by atoms with Crippen LogP contribution in [0.5, 0.6) is 5.75 Å². The number of para-hydroxylation sites is 1. The van der Waals surface area contributed by atoms with Gasteiger partial charge in [0.15, 0.2) is 5.78 Å². The second-order valence-corrected chi connectivity index (χ2v) is 5.79. The zero-order valence-corrected chi connectivity index (χ0v) is 12.2. The van der Waals surface area contributed by atoms with E-state index >= 15 is 0 Å². The molecule has 1 aromatic carbocycles. The van der Waals surface area contributed by atoms with E-state index in [1.165, 1.54) is 6.42 Å². The molecule has 0 amide bonds. The highest BCUT2D eigenvalue weighted by atomic mass is 16.5. The monoisotopic (exact) mass is 271 g/mol. The van der Waals surface area contributed by atoms with Crippen LogP contribution < -0.4 is 4.74 Å². The molecule has 0 aromatic heterocycles. The van der Waals surface area contributed by atoms with Gasteiger partial charge in [0.05, 0.1) is 13.2 Å². The van der Waals surface area contributed by atoms with Crippen LogP contribution in [0.1, 0.15) is 50.5 Å². The van der Waals surface area contributed by atoms with E-state index in [1.54, 1.807) is 13.2 Å². The molecule has 0 aliphatic heterocycles. The molecule has 0 bridgehead atoms. The summed E-state index contributed by atoms with van der Waals surface area (Å²) < 4.78 is 5.30. The Morgan fingerprint density at radius 1 is 1.30 bits per heavy atom. The van der Waals surface area contributed by atoms with Crippen molar-refractivity contribution in [1.29, 1.82) is 5.26 Å². The van der Waals surface area contributed by atoms with Gasteiger partial charge in [-0.05, 0) is 18.9 Å². The van der Waals surface area contributed by atoms with Crippen LogP contribution in [0.15, 0.2) is 24.3 Å². The first-order chi connectivity index (χ1) is 9.62. The molecule has 1 aliphatic carbocycles. The molecule has 1 atom stereocenters. The molecule has 20 heavy (non-hydrogen) atoms. The molecule has 0 heterocycles. The summed E-state index contributed by atoms with van der Waals surface area (Å²) in [4.78, 5) is 12.8. The summed E-state index contributed by atoms with van der Waals surface area (Å²) in [6, 6.07) is 9.50. The maximum atomic E-state index is 12.8. The third-order valence-electron chi connectivity index (χ3n) is 4.39. The summed E-state index contributed by atoms with van der Waals surface area (Å²) in [6.45, 7) is 2.01. The summed E-state index contributed by atoms with van der Waals surface area (Å²) >= 11 is 0. The van der Waals surface area contributed by atoms with Crippen molar-refractivity contribution >= 4 is 5.78 Å². The number of hydrogen-bond acceptors (Lipinski definition) is 3. The predicted octanol–water partition coefficient (Wildman–Crippen LogP) is 3.84. The van der Waals surface area contributed by atoms with Crippen LogP contribution in [-0.4, -0.2) is 12.9 Å². The van der Waals surface area contributed by atoms with Crippen LogP contribution in [0.4, 0.5) is 0 Å². The lowest BCUT2D eigenvalue weighted by molar-refractivity contribution is -0.129. The molecule has 106 valence electrons. The molecule has 1 aromatic rings. The molecular formula is C17H21NO2. The minimum Gasteiger partial charge on any atom is -0.496 e. The Balaban J connectivity index is 2.32. The zero-order chi connectivity index (χ0) is 14.6. The van der Waals surface area contributed by atoms with Crippen LogP contribution in [0.2, 0.25) is 0 Å². The largest absolute Gasteiger partial charge is 0.496 e. The van der Waals surface area contributed by atoms with Crippen molar-refractivity contribution in [2.24, 2.45) is 5.41 Å². The number of rotatable bonds is 4. The van der Waals surface area contributed by atoms with Gasteiger partial charge in [0.25, 0.3) is 0 Å². The topological polar surface area (TPSA) is 50.1 Å². The molecule has 3 heteroatoms. The van der Waals surface area contributed by atoms with Crippen LogP contribution in [0.3, 0.4) is 0 Å². The number of nitriles is 1. The van der Waals surface area contributed by atoms with Crippen molar-refractivity contribution in [1.82, 2.24) is 0 Å². The average Bonchev–Trinajstić information content (AvgIpc) is 2.49. The fourth-order valence-corrected chi connectivity index (χ4v) is 3.10. The van der Waals surface area contributed by atoms with Gasteiger partial charge in [0.2, 0.25) is 0 Å². The van der Waals surface area contributed by atoms with E-state index in [2.05, 4.69) is 6.07 Å². The first kappa shape index (κ1) is 14.6. The number of ketones is 1. The lowest BCUT2D eigenvalue weighted by atomic mass is 9.68. The quantitative estimate of drug-likeness (QED) is 0.836. The third kappa shape index (κ3) is 2.70. The van der Waals surface area contributed by atoms with Crippen molar-refractivity contribution in [3.63, 3.8) is 0 Å². The molecule has 3 nitrogen and oxygen atoms in total. The number of nitrogens with zero attached hydrogens (tertiary/aromatic N) is 1. The van der Waals surface area contributed by atoms with Crippen LogP contribution in [0, 0.1) is 16.7 Å². The van der Waals surface area contributed by atoms with Gasteiger partial charge in [-0.2, -0.15) is 5.26 Å². The summed E-state index contributed by atoms with van der Waals surface area (Å²) in [7, 11) is 1.57. The van der Waals surface area contributed by atoms with Crippen LogP contribution >= 0.6 is 0 Å². The van der Waals surface area contributed by atoms with Crippen molar-refractivity contribution in [3.8, 4) is 11.8 Å². The highest BCUT2D eigenvalue weighted by molar-refractivity contribution is 5.93. The Morgan fingerprint density at radius 3 is 2.55 bits per heavy atom. The molecule has 0 radical (unpaired) electrons. The number of carbonyl (C=O) groups excluding carboxylic acids is 1. The average molecular weight is 271 g/mol. The molecule has 1 aliphatic rings. The van der Waals surface area contributed by atoms with E-state index in [4.69, 9.17) is 4.74 Å². The first-order valence-corrected chi connectivity index (χ1v) is 7.19. The van der Waals surface area contributed by atoms with Crippen molar-refractivity contribution in [2.75, 3.05) is 7.11 Å². The summed E-state index contributed by atoms with van der Waals surface area (Å²) in [6.07, 6.45) is 5.12. The third-order valence-corrected chi connectivity index (χ3v) is 4.39. The van der Waals surface area contributed by atoms with Gasteiger partial charge in [-0.1, -0.05) is 44.4 Å². The molecule has 1 saturated carbocycles. The van der Waals surface area contributed by atoms with E-state index in [9.17, 15) is 10.1 Å². The standard InChI is InChI=1S/C17H21NO2/c1-17(10-6-3-7-11-17)16(19)14(12-18)13-8-4-5-9-15(13)20-2/h4-5,8-9,14H,3,6-7,10-11H2,1-2H3. The Hall–Kier alpha value is -1.82. The van der Waals surface area contributed by atoms with Crippen molar-refractivity contribution in [2.45, 2.75) is 44.9 Å². The van der Waals surface area contributed by atoms with Gasteiger partial charge in [-0.3, -0.25) is 4.79 Å². The fourth-order valence-electron chi connectivity index (χ4n) is 3.10. The highest BCUT2D eigenvalue weighted by Gasteiger charge is 2.40. The minimum absolute atomic E-state index is 0.0456. The number of hydrogen-bond donors (Lipinski definition) is 0. The molecule has 0 N–H and O–H groups in total. The second kappa shape index (κ2) is 6.09. The van der Waals surface area contributed by atoms with E-state index in [1.807, 2.05) is 25.1 Å². The minimum atomic E-state index is -0.728. The first-order valence-electron chi connectivity index (χ1n) is 7.19. The van der Waals surface area contributed by atoms with E-state index in [-0.39, 0.29) is 11.2 Å². The molecule has 1 fully saturated rings. The van der Waals surface area contributed by atoms with Crippen molar-refractivity contribution < 1.29 is 9.53 Å². The van der Waals surface area contributed by atoms with Crippen LogP contribution in [0.25, 0.3) is 0 Å². The Bertz CT molecular complexity index is 524. The number of Topliss-reactive ketones (excluding diaryl/α,β-unsaturated/α-hetero) is 1. The van der Waals surface area contributed by atoms with Gasteiger partial charge in [0.1, 0.15) is 11.7 Å². The Morgan fingerprint density at radius 2 is 1.95 bits per heavy atom. The number of ether oxygens (including phenoxy) is 1. The van der Waals surface area contributed by atoms with Gasteiger partial charge in [-0.25, -0.2) is 0 Å². The highest BCUT2D eigenvalue weighted by Crippen LogP contribution is 2.41.